The Morgan fingerprint density at radius 3 is 2.47 bits per heavy atom. The smallest absolute Gasteiger partial charge is 0.124 e. The van der Waals surface area contributed by atoms with E-state index < -0.39 is 0 Å². The van der Waals surface area contributed by atoms with Gasteiger partial charge in [0.25, 0.3) is 0 Å². The Morgan fingerprint density at radius 1 is 1.24 bits per heavy atom. The van der Waals surface area contributed by atoms with Gasteiger partial charge in [0, 0.05) is 11.1 Å². The predicted octanol–water partition coefficient (Wildman–Crippen LogP) is 3.11. The zero-order valence-corrected chi connectivity index (χ0v) is 11.1. The number of unbranched alkanes of at least 4 members (excludes halogenated alkanes) is 1. The molecule has 0 radical (unpaired) electrons. The first-order chi connectivity index (χ1) is 8.26. The molecule has 0 atom stereocenters. The molecule has 0 fully saturated rings. The van der Waals surface area contributed by atoms with Crippen LogP contribution in [0.5, 0.6) is 11.5 Å². The number of aliphatic hydroxyl groups is 1. The molecule has 0 bridgehead atoms. The van der Waals surface area contributed by atoms with Gasteiger partial charge < -0.3 is 14.6 Å². The second kappa shape index (κ2) is 7.41. The zero-order chi connectivity index (χ0) is 12.7. The second-order valence-electron chi connectivity index (χ2n) is 3.77. The highest BCUT2D eigenvalue weighted by atomic mass is 35.5. The summed E-state index contributed by atoms with van der Waals surface area (Å²) in [6.07, 6.45) is 2.08. The second-order valence-corrected chi connectivity index (χ2v) is 4.03. The number of alkyl halides is 1. The number of benzene rings is 1. The summed E-state index contributed by atoms with van der Waals surface area (Å²) in [5, 5.41) is 9.24. The van der Waals surface area contributed by atoms with Gasteiger partial charge in [0.05, 0.1) is 26.2 Å². The van der Waals surface area contributed by atoms with E-state index in [0.29, 0.717) is 23.8 Å². The monoisotopic (exact) mass is 258 g/mol. The number of rotatable bonds is 7. The average molecular weight is 259 g/mol. The molecule has 0 aliphatic heterocycles. The van der Waals surface area contributed by atoms with Crippen molar-refractivity contribution in [2.75, 3.05) is 13.7 Å². The fourth-order valence-electron chi connectivity index (χ4n) is 1.52. The van der Waals surface area contributed by atoms with Crippen LogP contribution < -0.4 is 9.47 Å². The molecule has 0 amide bonds. The fourth-order valence-corrected chi connectivity index (χ4v) is 1.73. The fraction of sp³-hybridized carbons (Fsp3) is 0.538. The van der Waals surface area contributed by atoms with Gasteiger partial charge in [-0.1, -0.05) is 13.3 Å². The van der Waals surface area contributed by atoms with Crippen molar-refractivity contribution in [3.8, 4) is 11.5 Å². The van der Waals surface area contributed by atoms with Crippen molar-refractivity contribution in [2.24, 2.45) is 0 Å². The van der Waals surface area contributed by atoms with Crippen LogP contribution in [0.1, 0.15) is 30.9 Å². The SMILES string of the molecule is CCCCOc1cc(CO)c(OC)cc1CCl. The lowest BCUT2D eigenvalue weighted by molar-refractivity contribution is 0.270. The average Bonchev–Trinajstić information content (AvgIpc) is 2.38. The normalized spacial score (nSPS) is 10.4. The third-order valence-electron chi connectivity index (χ3n) is 2.53. The summed E-state index contributed by atoms with van der Waals surface area (Å²) in [5.41, 5.74) is 1.60. The van der Waals surface area contributed by atoms with E-state index >= 15 is 0 Å². The summed E-state index contributed by atoms with van der Waals surface area (Å²) < 4.78 is 10.8. The van der Waals surface area contributed by atoms with Crippen LogP contribution in [0, 0.1) is 0 Å². The summed E-state index contributed by atoms with van der Waals surface area (Å²) in [7, 11) is 1.57. The van der Waals surface area contributed by atoms with Crippen molar-refractivity contribution in [1.29, 1.82) is 0 Å². The van der Waals surface area contributed by atoms with E-state index in [1.807, 2.05) is 6.07 Å². The Balaban J connectivity index is 2.93. The van der Waals surface area contributed by atoms with Crippen LogP contribution in [-0.2, 0) is 12.5 Å². The number of ether oxygens (including phenoxy) is 2. The van der Waals surface area contributed by atoms with Crippen LogP contribution >= 0.6 is 11.6 Å². The molecule has 17 heavy (non-hydrogen) atoms. The van der Waals surface area contributed by atoms with Gasteiger partial charge in [0.2, 0.25) is 0 Å². The Morgan fingerprint density at radius 2 is 1.94 bits per heavy atom. The molecule has 1 aromatic rings. The lowest BCUT2D eigenvalue weighted by atomic mass is 10.1. The van der Waals surface area contributed by atoms with Gasteiger partial charge in [0.15, 0.2) is 0 Å². The Hall–Kier alpha value is -0.930. The molecule has 3 nitrogen and oxygen atoms in total. The molecule has 0 aliphatic carbocycles. The molecule has 4 heteroatoms. The summed E-state index contributed by atoms with van der Waals surface area (Å²) in [5.74, 6) is 1.74. The van der Waals surface area contributed by atoms with E-state index in [9.17, 15) is 5.11 Å². The third-order valence-corrected chi connectivity index (χ3v) is 2.82. The van der Waals surface area contributed by atoms with E-state index in [2.05, 4.69) is 6.92 Å². The van der Waals surface area contributed by atoms with Crippen LogP contribution in [0.15, 0.2) is 12.1 Å². The molecule has 0 saturated heterocycles. The van der Waals surface area contributed by atoms with E-state index in [-0.39, 0.29) is 6.61 Å². The Bertz CT molecular complexity index is 353. The molecule has 0 unspecified atom stereocenters. The number of hydrogen-bond acceptors (Lipinski definition) is 3. The molecular weight excluding hydrogens is 240 g/mol. The third kappa shape index (κ3) is 3.79. The lowest BCUT2D eigenvalue weighted by Gasteiger charge is -2.14. The summed E-state index contributed by atoms with van der Waals surface area (Å²) >= 11 is 5.87. The van der Waals surface area contributed by atoms with Gasteiger partial charge in [-0.2, -0.15) is 0 Å². The van der Waals surface area contributed by atoms with Gasteiger partial charge in [-0.25, -0.2) is 0 Å². The molecule has 96 valence electrons. The van der Waals surface area contributed by atoms with Crippen molar-refractivity contribution in [3.05, 3.63) is 23.3 Å². The molecular formula is C13H19ClO3. The van der Waals surface area contributed by atoms with Gasteiger partial charge in [-0.15, -0.1) is 11.6 Å². The molecule has 0 spiro atoms. The van der Waals surface area contributed by atoms with E-state index in [0.717, 1.165) is 24.2 Å². The minimum absolute atomic E-state index is 0.0735. The lowest BCUT2D eigenvalue weighted by Crippen LogP contribution is -2.02. The molecule has 0 aromatic heterocycles. The first-order valence-electron chi connectivity index (χ1n) is 5.76. The summed E-state index contributed by atoms with van der Waals surface area (Å²) in [6, 6.07) is 3.62. The molecule has 0 heterocycles. The van der Waals surface area contributed by atoms with Crippen molar-refractivity contribution >= 4 is 11.6 Å². The predicted molar refractivity (Wildman–Crippen MR) is 68.9 cm³/mol. The van der Waals surface area contributed by atoms with Gasteiger partial charge in [-0.05, 0) is 18.6 Å². The Labute approximate surface area is 107 Å². The standard InChI is InChI=1S/C13H19ClO3/c1-3-4-5-17-13-7-11(9-15)12(16-2)6-10(13)8-14/h6-7,15H,3-5,8-9H2,1-2H3. The van der Waals surface area contributed by atoms with Gasteiger partial charge >= 0.3 is 0 Å². The molecule has 0 saturated carbocycles. The van der Waals surface area contributed by atoms with Crippen LogP contribution in [0.3, 0.4) is 0 Å². The largest absolute Gasteiger partial charge is 0.496 e. The van der Waals surface area contributed by atoms with Crippen LogP contribution in [0.4, 0.5) is 0 Å². The molecule has 0 aliphatic rings. The van der Waals surface area contributed by atoms with Crippen LogP contribution in [-0.4, -0.2) is 18.8 Å². The minimum atomic E-state index is -0.0735. The van der Waals surface area contributed by atoms with E-state index in [1.54, 1.807) is 13.2 Å². The summed E-state index contributed by atoms with van der Waals surface area (Å²) in [4.78, 5) is 0. The quantitative estimate of drug-likeness (QED) is 0.603. The van der Waals surface area contributed by atoms with Crippen molar-refractivity contribution in [1.82, 2.24) is 0 Å². The first-order valence-corrected chi connectivity index (χ1v) is 6.29. The maximum absolute atomic E-state index is 9.24. The highest BCUT2D eigenvalue weighted by molar-refractivity contribution is 6.17. The number of halogens is 1. The highest BCUT2D eigenvalue weighted by Crippen LogP contribution is 2.30. The Kier molecular flexibility index (Phi) is 6.16. The highest BCUT2D eigenvalue weighted by Gasteiger charge is 2.10. The van der Waals surface area contributed by atoms with Gasteiger partial charge in [-0.3, -0.25) is 0 Å². The van der Waals surface area contributed by atoms with Crippen molar-refractivity contribution < 1.29 is 14.6 Å². The van der Waals surface area contributed by atoms with E-state index in [4.69, 9.17) is 21.1 Å². The molecule has 1 aromatic carbocycles. The maximum atomic E-state index is 9.24. The topological polar surface area (TPSA) is 38.7 Å². The van der Waals surface area contributed by atoms with Crippen LogP contribution in [0.25, 0.3) is 0 Å². The van der Waals surface area contributed by atoms with Crippen LogP contribution in [0.2, 0.25) is 0 Å². The first kappa shape index (κ1) is 14.1. The molecule has 1 N–H and O–H groups in total. The summed E-state index contributed by atoms with van der Waals surface area (Å²) in [6.45, 7) is 2.70. The number of hydrogen-bond donors (Lipinski definition) is 1. The minimum Gasteiger partial charge on any atom is -0.496 e. The van der Waals surface area contributed by atoms with Crippen molar-refractivity contribution in [2.45, 2.75) is 32.3 Å². The number of aliphatic hydroxyl groups excluding tert-OH is 1. The zero-order valence-electron chi connectivity index (χ0n) is 10.3. The molecule has 1 rings (SSSR count). The maximum Gasteiger partial charge on any atom is 0.124 e. The van der Waals surface area contributed by atoms with Crippen molar-refractivity contribution in [3.63, 3.8) is 0 Å². The van der Waals surface area contributed by atoms with Gasteiger partial charge in [0.1, 0.15) is 11.5 Å². The number of methoxy groups -OCH3 is 1. The van der Waals surface area contributed by atoms with E-state index in [1.165, 1.54) is 0 Å².